The molecule has 0 unspecified atom stereocenters. The van der Waals surface area contributed by atoms with Gasteiger partial charge < -0.3 is 70.2 Å². The third-order valence-electron chi connectivity index (χ3n) is 20.4. The molecule has 0 amide bonds. The number of ether oxygens (including phenoxy) is 1. The minimum absolute atomic E-state index is 0.00310. The second kappa shape index (κ2) is 43.6. The number of hydrogen-bond donors (Lipinski definition) is 12. The monoisotopic (exact) mass is 1760 g/mol. The zero-order chi connectivity index (χ0) is 86.1. The standard InChI is InChI=1S/C19H25ClN6O3.2C19H22F4N6O2.C18H22BrFN6O2/c1-29-17-7-4-14(20)8-13(17)10-23-19-24-11-16(26(27)28)18(25-19)22-9-12-2-5-15(21)6-3-12;20-13-4-3-12(15(7-13)19(21,22)23)9-26-18-27-10-16(29(30)31)17(28-18)25-8-11-1-5-14(24)6-2-11;20-15-6-3-12(7-14(15)19(21,22)23)9-26-18-27-10-16(29(30)31)17(28-18)25-8-11-1-4-13(24)5-2-11;19-13-4-3-12(15(20)7-13)9-23-18-24-10-16(26(27)28)17(25-18)22-8-11-1-5-14(21)6-2-11/h4,7-8,11-12,15H,2-3,5-6,9-10,21H2,1H3,(H2,22,23,24,25);3-4,7,10-11,14H,1-2,5-6,8-9,24H2,(H2,25,26,27,28);3,6-7,10-11,13H,1-2,4-5,8-9,24H2,(H2,25,26,27,28);3-4,7,10-11,14H,1-2,5-6,8-9,21H2,(H2,22,23,24,25). The highest BCUT2D eigenvalue weighted by Crippen LogP contribution is 2.37. The Bertz CT molecular complexity index is 4740. The van der Waals surface area contributed by atoms with Crippen LogP contribution in [-0.2, 0) is 38.5 Å². The average Bonchev–Trinajstić information content (AvgIpc) is 0.812. The van der Waals surface area contributed by atoms with Crippen LogP contribution in [0.3, 0.4) is 0 Å². The third kappa shape index (κ3) is 28.6. The number of halogens is 11. The summed E-state index contributed by atoms with van der Waals surface area (Å²) in [6.45, 7) is 2.21. The zero-order valence-corrected chi connectivity index (χ0v) is 66.7. The van der Waals surface area contributed by atoms with Crippen LogP contribution in [0.15, 0.2) is 102 Å². The van der Waals surface area contributed by atoms with E-state index in [4.69, 9.17) is 39.3 Å². The van der Waals surface area contributed by atoms with Crippen LogP contribution in [0.25, 0.3) is 0 Å². The van der Waals surface area contributed by atoms with E-state index in [1.165, 1.54) is 18.3 Å². The molecule has 12 rings (SSSR count). The first-order valence-corrected chi connectivity index (χ1v) is 39.3. The van der Waals surface area contributed by atoms with Gasteiger partial charge in [-0.2, -0.15) is 46.3 Å². The van der Waals surface area contributed by atoms with Crippen molar-refractivity contribution < 1.29 is 63.9 Å². The summed E-state index contributed by atoms with van der Waals surface area (Å²) >= 11 is 9.27. The van der Waals surface area contributed by atoms with Gasteiger partial charge in [-0.15, -0.1) is 0 Å². The van der Waals surface area contributed by atoms with Gasteiger partial charge in [0.2, 0.25) is 47.1 Å². The van der Waals surface area contributed by atoms with Gasteiger partial charge in [0.25, 0.3) is 0 Å². The highest BCUT2D eigenvalue weighted by Gasteiger charge is 2.36. The Morgan fingerprint density at radius 1 is 0.420 bits per heavy atom. The van der Waals surface area contributed by atoms with Crippen LogP contribution in [0.4, 0.5) is 109 Å². The van der Waals surface area contributed by atoms with Crippen LogP contribution in [0.2, 0.25) is 5.02 Å². The first-order valence-electron chi connectivity index (χ1n) is 38.1. The number of nitrogens with zero attached hydrogens (tertiary/aromatic N) is 12. The highest BCUT2D eigenvalue weighted by molar-refractivity contribution is 9.10. The first-order chi connectivity index (χ1) is 56.6. The van der Waals surface area contributed by atoms with Crippen molar-refractivity contribution in [1.29, 1.82) is 0 Å². The fourth-order valence-electron chi connectivity index (χ4n) is 13.6. The molecule has 4 aliphatic carbocycles. The van der Waals surface area contributed by atoms with Gasteiger partial charge in [-0.1, -0.05) is 45.7 Å². The third-order valence-corrected chi connectivity index (χ3v) is 21.1. The first kappa shape index (κ1) is 91.9. The van der Waals surface area contributed by atoms with Crippen molar-refractivity contribution in [3.63, 3.8) is 0 Å². The Hall–Kier alpha value is -11.0. The highest BCUT2D eigenvalue weighted by atomic mass is 79.9. The number of hydrogen-bond acceptors (Lipinski definition) is 29. The SMILES string of the molecule is COc1ccc(Cl)cc1CNc1ncc([N+](=O)[O-])c(NCC2CCC(N)CC2)n1.NC1CCC(CNc2nc(NCc3ccc(Br)cc3F)ncc2[N+](=O)[O-])CC1.NC1CCC(CNc2nc(NCc3ccc(F)c(C(F)(F)F)c3)ncc2[N+](=O)[O-])CC1.NC1CCC(CNc2nc(NCc3ccc(F)cc3C(F)(F)F)ncc2[N+](=O)[O-])CC1. The van der Waals surface area contributed by atoms with Crippen molar-refractivity contribution in [3.8, 4) is 5.75 Å². The lowest BCUT2D eigenvalue weighted by Crippen LogP contribution is -2.29. The fraction of sp³-hybridized carbons (Fsp3) is 0.467. The summed E-state index contributed by atoms with van der Waals surface area (Å²) in [6, 6.07) is 15.9. The van der Waals surface area contributed by atoms with Gasteiger partial charge >= 0.3 is 35.1 Å². The topological polar surface area (TPSA) is 485 Å². The van der Waals surface area contributed by atoms with Crippen molar-refractivity contribution in [2.45, 2.75) is 165 Å². The van der Waals surface area contributed by atoms with E-state index in [-0.39, 0.29) is 131 Å². The Labute approximate surface area is 689 Å². The summed E-state index contributed by atoms with van der Waals surface area (Å²) in [4.78, 5) is 75.3. The molecule has 33 nitrogen and oxygen atoms in total. The van der Waals surface area contributed by atoms with E-state index in [0.717, 1.165) is 145 Å². The van der Waals surface area contributed by atoms with Crippen LogP contribution in [0.1, 0.15) is 136 Å². The molecule has 642 valence electrons. The zero-order valence-electron chi connectivity index (χ0n) is 64.3. The molecule has 0 atom stereocenters. The minimum atomic E-state index is -4.82. The predicted molar refractivity (Wildman–Crippen MR) is 433 cm³/mol. The Kier molecular flexibility index (Phi) is 33.7. The molecule has 0 spiro atoms. The number of alkyl halides is 6. The van der Waals surface area contributed by atoms with Crippen LogP contribution in [0.5, 0.6) is 5.75 Å². The van der Waals surface area contributed by atoms with Crippen molar-refractivity contribution >= 4 is 97.3 Å². The number of nitro groups is 4. The number of nitrogens with two attached hydrogens (primary N) is 4. The van der Waals surface area contributed by atoms with Crippen LogP contribution in [-0.4, -0.2) is 117 Å². The maximum atomic E-state index is 13.9. The number of nitrogens with one attached hydrogen (secondary N) is 8. The summed E-state index contributed by atoms with van der Waals surface area (Å²) < 4.78 is 125. The Morgan fingerprint density at radius 3 is 1.11 bits per heavy atom. The van der Waals surface area contributed by atoms with Gasteiger partial charge in [-0.25, -0.2) is 33.1 Å². The summed E-state index contributed by atoms with van der Waals surface area (Å²) in [7, 11) is 1.58. The molecule has 16 N–H and O–H groups in total. The molecule has 119 heavy (non-hydrogen) atoms. The van der Waals surface area contributed by atoms with Crippen molar-refractivity contribution in [3.05, 3.63) is 198 Å². The summed E-state index contributed by atoms with van der Waals surface area (Å²) in [5, 5.41) is 69.2. The number of anilines is 8. The number of rotatable bonds is 29. The molecule has 0 bridgehead atoms. The Balaban J connectivity index is 0.000000181. The van der Waals surface area contributed by atoms with Crippen molar-refractivity contribution in [2.75, 3.05) is 75.8 Å². The van der Waals surface area contributed by atoms with Gasteiger partial charge in [0.15, 0.2) is 0 Å². The lowest BCUT2D eigenvalue weighted by Gasteiger charge is -2.26. The van der Waals surface area contributed by atoms with E-state index in [1.807, 2.05) is 0 Å². The van der Waals surface area contributed by atoms with Crippen LogP contribution < -0.4 is 70.2 Å². The molecule has 8 aromatic rings. The van der Waals surface area contributed by atoms with Crippen LogP contribution in [0, 0.1) is 81.6 Å². The summed E-state index contributed by atoms with van der Waals surface area (Å²) in [5.74, 6) is 0.143. The molecular formula is C75H91BrClF9N24O9. The maximum absolute atomic E-state index is 13.9. The van der Waals surface area contributed by atoms with E-state index in [1.54, 1.807) is 37.4 Å². The molecule has 0 aliphatic heterocycles. The van der Waals surface area contributed by atoms with E-state index in [0.29, 0.717) is 89.3 Å². The average molecular weight is 1760 g/mol. The normalized spacial score (nSPS) is 19.1. The van der Waals surface area contributed by atoms with Crippen molar-refractivity contribution in [2.24, 2.45) is 46.6 Å². The smallest absolute Gasteiger partial charge is 0.419 e. The number of aromatic nitrogens is 8. The molecule has 4 saturated carbocycles. The fourth-order valence-corrected chi connectivity index (χ4v) is 14.1. The molecular weight excluding hydrogens is 1670 g/mol. The van der Waals surface area contributed by atoms with Gasteiger partial charge in [-0.05, 0) is 192 Å². The maximum Gasteiger partial charge on any atom is 0.419 e. The molecule has 4 aliphatic rings. The van der Waals surface area contributed by atoms with E-state index >= 15 is 0 Å². The van der Waals surface area contributed by atoms with Gasteiger partial charge in [0.1, 0.15) is 48.0 Å². The molecule has 0 radical (unpaired) electrons. The molecule has 4 fully saturated rings. The molecule has 4 heterocycles. The molecule has 44 heteroatoms. The van der Waals surface area contributed by atoms with E-state index in [9.17, 15) is 80.0 Å². The quantitative estimate of drug-likeness (QED) is 0.0118. The number of methoxy groups -OCH3 is 1. The lowest BCUT2D eigenvalue weighted by molar-refractivity contribution is -0.384. The molecule has 4 aromatic carbocycles. The van der Waals surface area contributed by atoms with Crippen LogP contribution >= 0.6 is 27.5 Å². The summed E-state index contributed by atoms with van der Waals surface area (Å²) in [6.07, 6.45) is 9.85. The largest absolute Gasteiger partial charge is 0.496 e. The van der Waals surface area contributed by atoms with Gasteiger partial charge in [0, 0.05) is 97.1 Å². The second-order valence-corrected chi connectivity index (χ2v) is 30.5. The van der Waals surface area contributed by atoms with E-state index < -0.39 is 54.8 Å². The van der Waals surface area contributed by atoms with Gasteiger partial charge in [-0.3, -0.25) is 40.5 Å². The molecule has 0 saturated heterocycles. The molecule has 4 aromatic heterocycles. The van der Waals surface area contributed by atoms with Crippen molar-refractivity contribution in [1.82, 2.24) is 39.9 Å². The van der Waals surface area contributed by atoms with Gasteiger partial charge in [0.05, 0.1) is 37.9 Å². The predicted octanol–water partition coefficient (Wildman–Crippen LogP) is 15.6. The summed E-state index contributed by atoms with van der Waals surface area (Å²) in [5.41, 5.74) is 21.4. The lowest BCUT2D eigenvalue weighted by atomic mass is 9.86. The second-order valence-electron chi connectivity index (χ2n) is 29.1. The minimum Gasteiger partial charge on any atom is -0.496 e. The number of benzene rings is 4. The Morgan fingerprint density at radius 2 is 0.765 bits per heavy atom. The van der Waals surface area contributed by atoms with E-state index in [2.05, 4.69) is 98.3 Å².